The van der Waals surface area contributed by atoms with Crippen LogP contribution in [0.5, 0.6) is 5.75 Å². The van der Waals surface area contributed by atoms with E-state index in [-0.39, 0.29) is 30.1 Å². The number of H-pyrrole nitrogens is 2. The van der Waals surface area contributed by atoms with Crippen LogP contribution in [0.4, 0.5) is 8.78 Å². The maximum Gasteiger partial charge on any atom is 0.167 e. The van der Waals surface area contributed by atoms with E-state index in [4.69, 9.17) is 16.3 Å². The molecule has 0 saturated carbocycles. The van der Waals surface area contributed by atoms with E-state index in [1.165, 1.54) is 24.3 Å². The molecule has 1 saturated heterocycles. The van der Waals surface area contributed by atoms with Crippen molar-refractivity contribution in [2.45, 2.75) is 18.9 Å². The van der Waals surface area contributed by atoms with E-state index in [1.54, 1.807) is 12.1 Å². The first kappa shape index (κ1) is 20.4. The normalized spacial score (nSPS) is 16.5. The highest BCUT2D eigenvalue weighted by atomic mass is 35.5. The summed E-state index contributed by atoms with van der Waals surface area (Å²) in [5.74, 6) is -0.0735. The van der Waals surface area contributed by atoms with E-state index >= 15 is 0 Å². The van der Waals surface area contributed by atoms with Gasteiger partial charge in [0.25, 0.3) is 0 Å². The molecule has 31 heavy (non-hydrogen) atoms. The Balaban J connectivity index is 0.00000204. The number of benzene rings is 3. The van der Waals surface area contributed by atoms with Gasteiger partial charge in [-0.25, -0.2) is 8.78 Å². The number of hydrogen-bond donors (Lipinski definition) is 3. The van der Waals surface area contributed by atoms with Gasteiger partial charge in [-0.15, -0.1) is 12.4 Å². The molecule has 1 aliphatic rings. The van der Waals surface area contributed by atoms with Crippen molar-refractivity contribution in [3.05, 3.63) is 53.1 Å². The van der Waals surface area contributed by atoms with Crippen molar-refractivity contribution in [1.29, 1.82) is 0 Å². The number of aromatic nitrogens is 2. The standard InChI is InChI=1S/C23H18ClF2N3O.ClH/c24-20-18-14-8-11(25)3-5-16(14)28-21(18)23(30-10-13-2-1-7-27-13)22-19(20)15-9-12(26)4-6-17(15)29-22;/h3-6,8-9,13,27-29H,1-2,7,10H2;1H. The summed E-state index contributed by atoms with van der Waals surface area (Å²) < 4.78 is 34.4. The molecule has 0 spiro atoms. The predicted octanol–water partition coefficient (Wildman–Crippen LogP) is 6.44. The lowest BCUT2D eigenvalue weighted by atomic mass is 10.1. The molecule has 0 aliphatic carbocycles. The van der Waals surface area contributed by atoms with Crippen LogP contribution in [0, 0.1) is 11.6 Å². The van der Waals surface area contributed by atoms with Crippen LogP contribution in [0.1, 0.15) is 12.8 Å². The molecule has 1 aliphatic heterocycles. The third kappa shape index (κ3) is 3.13. The van der Waals surface area contributed by atoms with Crippen LogP contribution in [0.25, 0.3) is 43.6 Å². The van der Waals surface area contributed by atoms with Gasteiger partial charge in [0.1, 0.15) is 18.2 Å². The van der Waals surface area contributed by atoms with Crippen molar-refractivity contribution in [2.75, 3.05) is 13.2 Å². The number of aromatic amines is 2. The number of ether oxygens (including phenoxy) is 1. The molecule has 1 fully saturated rings. The Morgan fingerprint density at radius 1 is 0.935 bits per heavy atom. The average molecular weight is 462 g/mol. The zero-order valence-corrected chi connectivity index (χ0v) is 17.9. The monoisotopic (exact) mass is 461 g/mol. The molecule has 0 amide bonds. The highest BCUT2D eigenvalue weighted by molar-refractivity contribution is 6.45. The second kappa shape index (κ2) is 7.55. The minimum Gasteiger partial charge on any atom is -0.488 e. The van der Waals surface area contributed by atoms with Gasteiger partial charge in [-0.2, -0.15) is 0 Å². The Kier molecular flexibility index (Phi) is 4.96. The highest BCUT2D eigenvalue weighted by Crippen LogP contribution is 2.46. The Labute approximate surface area is 187 Å². The summed E-state index contributed by atoms with van der Waals surface area (Å²) in [6.45, 7) is 1.48. The fourth-order valence-electron chi connectivity index (χ4n) is 4.60. The number of nitrogens with one attached hydrogen (secondary N) is 3. The molecule has 2 aromatic heterocycles. The third-order valence-electron chi connectivity index (χ3n) is 6.01. The summed E-state index contributed by atoms with van der Waals surface area (Å²) in [7, 11) is 0. The second-order valence-electron chi connectivity index (χ2n) is 7.88. The summed E-state index contributed by atoms with van der Waals surface area (Å²) in [5, 5.41) is 6.58. The lowest BCUT2D eigenvalue weighted by Gasteiger charge is -2.14. The molecule has 0 bridgehead atoms. The van der Waals surface area contributed by atoms with Gasteiger partial charge >= 0.3 is 0 Å². The van der Waals surface area contributed by atoms with Crippen molar-refractivity contribution >= 4 is 67.6 Å². The summed E-state index contributed by atoms with van der Waals surface area (Å²) in [6.07, 6.45) is 2.17. The SMILES string of the molecule is Cl.Fc1ccc2[nH]c3c(OCC4CCCN4)c4[nH]c5ccc(F)cc5c4c(Cl)c3c2c1. The fraction of sp³-hybridized carbons (Fsp3) is 0.217. The van der Waals surface area contributed by atoms with Crippen molar-refractivity contribution in [3.8, 4) is 5.75 Å². The van der Waals surface area contributed by atoms with E-state index in [2.05, 4.69) is 15.3 Å². The Morgan fingerprint density at radius 3 is 2.03 bits per heavy atom. The third-order valence-corrected chi connectivity index (χ3v) is 6.38. The fourth-order valence-corrected chi connectivity index (χ4v) is 4.99. The van der Waals surface area contributed by atoms with E-state index in [1.807, 2.05) is 0 Å². The second-order valence-corrected chi connectivity index (χ2v) is 8.26. The summed E-state index contributed by atoms with van der Waals surface area (Å²) in [5.41, 5.74) is 2.94. The lowest BCUT2D eigenvalue weighted by molar-refractivity contribution is 0.282. The lowest BCUT2D eigenvalue weighted by Crippen LogP contribution is -2.28. The molecule has 0 radical (unpaired) electrons. The first-order valence-electron chi connectivity index (χ1n) is 9.99. The molecule has 1 atom stereocenters. The first-order valence-corrected chi connectivity index (χ1v) is 10.4. The van der Waals surface area contributed by atoms with Crippen LogP contribution in [-0.4, -0.2) is 29.2 Å². The molecule has 8 heteroatoms. The molecule has 5 aromatic rings. The van der Waals surface area contributed by atoms with Crippen LogP contribution < -0.4 is 10.1 Å². The molecule has 6 rings (SSSR count). The molecule has 1 unspecified atom stereocenters. The molecule has 3 aromatic carbocycles. The van der Waals surface area contributed by atoms with Gasteiger partial charge in [-0.05, 0) is 55.8 Å². The number of halogens is 4. The molecule has 160 valence electrons. The van der Waals surface area contributed by atoms with Crippen molar-refractivity contribution in [2.24, 2.45) is 0 Å². The van der Waals surface area contributed by atoms with Crippen LogP contribution >= 0.6 is 24.0 Å². The molecule has 3 N–H and O–H groups in total. The van der Waals surface area contributed by atoms with Crippen LogP contribution in [0.2, 0.25) is 5.02 Å². The van der Waals surface area contributed by atoms with Gasteiger partial charge in [0.05, 0.1) is 16.1 Å². The zero-order valence-electron chi connectivity index (χ0n) is 16.3. The number of fused-ring (bicyclic) bond motifs is 6. The van der Waals surface area contributed by atoms with E-state index in [0.717, 1.165) is 30.4 Å². The van der Waals surface area contributed by atoms with Gasteiger partial charge < -0.3 is 20.0 Å². The maximum absolute atomic E-state index is 14.0. The highest BCUT2D eigenvalue weighted by Gasteiger charge is 2.24. The van der Waals surface area contributed by atoms with Crippen LogP contribution in [0.15, 0.2) is 36.4 Å². The average Bonchev–Trinajstić information content (AvgIpc) is 3.44. The van der Waals surface area contributed by atoms with E-state index < -0.39 is 0 Å². The number of rotatable bonds is 3. The topological polar surface area (TPSA) is 52.8 Å². The van der Waals surface area contributed by atoms with Gasteiger partial charge in [0, 0.05) is 38.6 Å². The van der Waals surface area contributed by atoms with E-state index in [9.17, 15) is 8.78 Å². The van der Waals surface area contributed by atoms with Crippen molar-refractivity contribution in [3.63, 3.8) is 0 Å². The summed E-state index contributed by atoms with van der Waals surface area (Å²) >= 11 is 6.87. The summed E-state index contributed by atoms with van der Waals surface area (Å²) in [6, 6.07) is 9.39. The Bertz CT molecular complexity index is 1360. The number of hydrogen-bond acceptors (Lipinski definition) is 2. The van der Waals surface area contributed by atoms with Gasteiger partial charge in [-0.1, -0.05) is 11.6 Å². The minimum atomic E-state index is -0.345. The largest absolute Gasteiger partial charge is 0.488 e. The minimum absolute atomic E-state index is 0. The molecular formula is C23H19Cl2F2N3O. The smallest absolute Gasteiger partial charge is 0.167 e. The Hall–Kier alpha value is -2.54. The summed E-state index contributed by atoms with van der Waals surface area (Å²) in [4.78, 5) is 6.69. The maximum atomic E-state index is 14.0. The molecule has 3 heterocycles. The van der Waals surface area contributed by atoms with Gasteiger partial charge in [-0.3, -0.25) is 0 Å². The molecular weight excluding hydrogens is 443 g/mol. The molecule has 4 nitrogen and oxygen atoms in total. The predicted molar refractivity (Wildman–Crippen MR) is 124 cm³/mol. The zero-order chi connectivity index (χ0) is 20.4. The van der Waals surface area contributed by atoms with E-state index in [0.29, 0.717) is 50.0 Å². The Morgan fingerprint density at radius 2 is 1.52 bits per heavy atom. The first-order chi connectivity index (χ1) is 14.6. The van der Waals surface area contributed by atoms with Crippen LogP contribution in [0.3, 0.4) is 0 Å². The van der Waals surface area contributed by atoms with Crippen molar-refractivity contribution in [1.82, 2.24) is 15.3 Å². The van der Waals surface area contributed by atoms with Gasteiger partial charge in [0.2, 0.25) is 0 Å². The van der Waals surface area contributed by atoms with Crippen LogP contribution in [-0.2, 0) is 0 Å². The quantitative estimate of drug-likeness (QED) is 0.289. The van der Waals surface area contributed by atoms with Crippen molar-refractivity contribution < 1.29 is 13.5 Å². The van der Waals surface area contributed by atoms with Gasteiger partial charge in [0.15, 0.2) is 5.75 Å².